The van der Waals surface area contributed by atoms with Crippen molar-refractivity contribution in [1.29, 1.82) is 0 Å². The summed E-state index contributed by atoms with van der Waals surface area (Å²) < 4.78 is 7.73. The molecule has 1 atom stereocenters. The summed E-state index contributed by atoms with van der Waals surface area (Å²) >= 11 is 1.55. The van der Waals surface area contributed by atoms with E-state index < -0.39 is 0 Å². The summed E-state index contributed by atoms with van der Waals surface area (Å²) in [5, 5.41) is 4.11. The molecule has 2 aromatic rings. The number of aromatic nitrogens is 1. The molecule has 0 spiro atoms. The van der Waals surface area contributed by atoms with E-state index in [1.165, 1.54) is 10.5 Å². The van der Waals surface area contributed by atoms with Gasteiger partial charge in [0.15, 0.2) is 5.13 Å². The summed E-state index contributed by atoms with van der Waals surface area (Å²) in [6.07, 6.45) is 3.84. The third-order valence-electron chi connectivity index (χ3n) is 3.65. The first-order chi connectivity index (χ1) is 10.2. The Labute approximate surface area is 122 Å². The van der Waals surface area contributed by atoms with Crippen LogP contribution < -0.4 is 11.1 Å². The lowest BCUT2D eigenvalue weighted by atomic mass is 9.91. The summed E-state index contributed by atoms with van der Waals surface area (Å²) in [6.45, 7) is 0. The van der Waals surface area contributed by atoms with E-state index >= 15 is 0 Å². The fourth-order valence-electron chi connectivity index (χ4n) is 2.68. The quantitative estimate of drug-likeness (QED) is 0.845. The number of aliphatic imine (C=N–C) groups is 1. The highest BCUT2D eigenvalue weighted by atomic mass is 32.1. The van der Waals surface area contributed by atoms with Crippen molar-refractivity contribution in [1.82, 2.24) is 10.3 Å². The first kappa shape index (κ1) is 10.6. The zero-order valence-corrected chi connectivity index (χ0v) is 11.6. The average Bonchev–Trinajstić information content (AvgIpc) is 2.87. The minimum atomic E-state index is 0.116. The van der Waals surface area contributed by atoms with E-state index in [1.54, 1.807) is 17.4 Å². The van der Waals surface area contributed by atoms with E-state index in [4.69, 9.17) is 7.10 Å². The fourth-order valence-corrected chi connectivity index (χ4v) is 3.65. The Balaban J connectivity index is 1.73. The molecule has 1 aromatic carbocycles. The summed E-state index contributed by atoms with van der Waals surface area (Å²) in [4.78, 5) is 10.1. The molecule has 20 heavy (non-hydrogen) atoms. The summed E-state index contributed by atoms with van der Waals surface area (Å²) in [7, 11) is 0. The van der Waals surface area contributed by atoms with Crippen LogP contribution in [0.1, 0.15) is 30.0 Å². The van der Waals surface area contributed by atoms with Crippen LogP contribution in [0.2, 0.25) is 0 Å². The Hall–Kier alpha value is -2.14. The molecule has 0 saturated heterocycles. The molecule has 3 N–H and O–H groups in total. The van der Waals surface area contributed by atoms with Crippen molar-refractivity contribution >= 4 is 22.3 Å². The van der Waals surface area contributed by atoms with Crippen LogP contribution in [0.3, 0.4) is 0 Å². The average molecular weight is 283 g/mol. The van der Waals surface area contributed by atoms with Gasteiger partial charge in [-0.2, -0.15) is 0 Å². The highest BCUT2D eigenvalue weighted by molar-refractivity contribution is 7.15. The van der Waals surface area contributed by atoms with Crippen molar-refractivity contribution in [2.24, 2.45) is 4.99 Å². The summed E-state index contributed by atoms with van der Waals surface area (Å²) in [5.41, 5.74) is 9.16. The van der Waals surface area contributed by atoms with Gasteiger partial charge in [-0.15, -0.1) is 0 Å². The number of nitrogen functional groups attached to an aromatic ring is 1. The smallest absolute Gasteiger partial charge is 0.180 e. The monoisotopic (exact) mass is 283 g/mol. The molecule has 0 saturated carbocycles. The van der Waals surface area contributed by atoms with Gasteiger partial charge in [-0.3, -0.25) is 0 Å². The third-order valence-corrected chi connectivity index (χ3v) is 4.64. The SMILES string of the molecule is [2H]c1cccc(C2=NC=C3CCc4nc(N)sc4C3N2)c1. The largest absolute Gasteiger partial charge is 0.375 e. The molecule has 4 rings (SSSR count). The lowest BCUT2D eigenvalue weighted by Crippen LogP contribution is -2.34. The molecule has 1 aromatic heterocycles. The molecule has 5 heteroatoms. The summed E-state index contributed by atoms with van der Waals surface area (Å²) in [6, 6.07) is 8.01. The first-order valence-electron chi connectivity index (χ1n) is 7.06. The van der Waals surface area contributed by atoms with Crippen molar-refractivity contribution < 1.29 is 1.37 Å². The molecule has 0 bridgehead atoms. The van der Waals surface area contributed by atoms with E-state index in [1.807, 2.05) is 24.4 Å². The van der Waals surface area contributed by atoms with Crippen LogP contribution in [-0.4, -0.2) is 10.8 Å². The van der Waals surface area contributed by atoms with Crippen LogP contribution in [0, 0.1) is 0 Å². The zero-order chi connectivity index (χ0) is 14.4. The molecule has 1 aliphatic heterocycles. The Kier molecular flexibility index (Phi) is 2.37. The predicted octanol–water partition coefficient (Wildman–Crippen LogP) is 2.65. The maximum atomic E-state index is 7.73. The Bertz CT molecular complexity index is 778. The molecule has 2 heterocycles. The number of hydrogen-bond donors (Lipinski definition) is 2. The number of fused-ring (bicyclic) bond motifs is 3. The van der Waals surface area contributed by atoms with Gasteiger partial charge in [0, 0.05) is 11.8 Å². The number of anilines is 1. The second-order valence-electron chi connectivity index (χ2n) is 4.91. The second kappa shape index (κ2) is 4.45. The molecular formula is C15H14N4S. The number of benzene rings is 1. The van der Waals surface area contributed by atoms with E-state index in [2.05, 4.69) is 15.3 Å². The summed E-state index contributed by atoms with van der Waals surface area (Å²) in [5.74, 6) is 0.803. The van der Waals surface area contributed by atoms with E-state index in [-0.39, 0.29) is 6.04 Å². The third kappa shape index (κ3) is 1.82. The molecular weight excluding hydrogens is 268 g/mol. The van der Waals surface area contributed by atoms with Crippen molar-refractivity contribution in [2.45, 2.75) is 18.9 Å². The topological polar surface area (TPSA) is 63.3 Å². The second-order valence-corrected chi connectivity index (χ2v) is 5.98. The highest BCUT2D eigenvalue weighted by Crippen LogP contribution is 2.39. The van der Waals surface area contributed by atoms with Crippen LogP contribution in [0.25, 0.3) is 0 Å². The van der Waals surface area contributed by atoms with Gasteiger partial charge < -0.3 is 11.1 Å². The van der Waals surface area contributed by atoms with Crippen molar-refractivity contribution in [3.8, 4) is 0 Å². The number of aryl methyl sites for hydroxylation is 1. The number of thiazole rings is 1. The number of hydrogen-bond acceptors (Lipinski definition) is 5. The standard InChI is InChI=1S/C15H14N4S/c16-15-18-11-7-6-10-8-17-14(9-4-2-1-3-5-9)19-12(10)13(11)20-15/h1-5,8,12H,6-7H2,(H2,16,18)(H,17,19)/i2D. The molecule has 1 unspecified atom stereocenters. The predicted molar refractivity (Wildman–Crippen MR) is 81.8 cm³/mol. The van der Waals surface area contributed by atoms with Crippen LogP contribution in [0.15, 0.2) is 47.1 Å². The molecule has 100 valence electrons. The molecule has 2 aliphatic rings. The van der Waals surface area contributed by atoms with Crippen molar-refractivity contribution in [3.63, 3.8) is 0 Å². The Morgan fingerprint density at radius 1 is 1.35 bits per heavy atom. The number of nitrogens with one attached hydrogen (secondary N) is 1. The van der Waals surface area contributed by atoms with Gasteiger partial charge in [0.05, 0.1) is 18.0 Å². The molecule has 0 fully saturated rings. The van der Waals surface area contributed by atoms with Gasteiger partial charge in [-0.25, -0.2) is 9.98 Å². The van der Waals surface area contributed by atoms with E-state index in [0.29, 0.717) is 11.2 Å². The minimum absolute atomic E-state index is 0.116. The molecule has 0 radical (unpaired) electrons. The fraction of sp³-hybridized carbons (Fsp3) is 0.200. The van der Waals surface area contributed by atoms with Gasteiger partial charge in [0.1, 0.15) is 5.84 Å². The van der Waals surface area contributed by atoms with Crippen molar-refractivity contribution in [3.05, 3.63) is 58.2 Å². The van der Waals surface area contributed by atoms with Crippen LogP contribution >= 0.6 is 11.3 Å². The number of amidine groups is 1. The van der Waals surface area contributed by atoms with Gasteiger partial charge in [-0.05, 0) is 18.4 Å². The Morgan fingerprint density at radius 2 is 2.30 bits per heavy atom. The van der Waals surface area contributed by atoms with Crippen LogP contribution in [-0.2, 0) is 6.42 Å². The minimum Gasteiger partial charge on any atom is -0.375 e. The zero-order valence-electron chi connectivity index (χ0n) is 11.8. The van der Waals surface area contributed by atoms with Gasteiger partial charge in [0.2, 0.25) is 0 Å². The molecule has 0 amide bonds. The van der Waals surface area contributed by atoms with Gasteiger partial charge in [0.25, 0.3) is 0 Å². The maximum absolute atomic E-state index is 7.73. The molecule has 1 aliphatic carbocycles. The van der Waals surface area contributed by atoms with Crippen LogP contribution in [0.4, 0.5) is 5.13 Å². The lowest BCUT2D eigenvalue weighted by molar-refractivity contribution is 0.648. The normalized spacial score (nSPS) is 21.0. The van der Waals surface area contributed by atoms with E-state index in [9.17, 15) is 0 Å². The lowest BCUT2D eigenvalue weighted by Gasteiger charge is -2.29. The maximum Gasteiger partial charge on any atom is 0.180 e. The van der Waals surface area contributed by atoms with Gasteiger partial charge >= 0.3 is 0 Å². The molecule has 4 nitrogen and oxygen atoms in total. The first-order valence-corrected chi connectivity index (χ1v) is 7.38. The van der Waals surface area contributed by atoms with Crippen molar-refractivity contribution in [2.75, 3.05) is 5.73 Å². The highest BCUT2D eigenvalue weighted by Gasteiger charge is 2.30. The number of nitrogens with zero attached hydrogens (tertiary/aromatic N) is 2. The number of rotatable bonds is 1. The van der Waals surface area contributed by atoms with Crippen LogP contribution in [0.5, 0.6) is 0 Å². The Morgan fingerprint density at radius 3 is 3.20 bits per heavy atom. The number of nitrogens with two attached hydrogens (primary N) is 1. The van der Waals surface area contributed by atoms with E-state index in [0.717, 1.165) is 29.9 Å². The van der Waals surface area contributed by atoms with Gasteiger partial charge in [-0.1, -0.05) is 41.6 Å².